The largest absolute Gasteiger partial charge is 0.358 e. The number of aryl methyl sites for hydroxylation is 1. The van der Waals surface area contributed by atoms with Gasteiger partial charge in [-0.3, -0.25) is 4.79 Å². The molecule has 0 aliphatic heterocycles. The maximum Gasteiger partial charge on any atom is 0.252 e. The van der Waals surface area contributed by atoms with Gasteiger partial charge < -0.3 is 10.3 Å². The second kappa shape index (κ2) is 5.73. The van der Waals surface area contributed by atoms with Crippen molar-refractivity contribution < 1.29 is 4.79 Å². The Bertz CT molecular complexity index is 1150. The van der Waals surface area contributed by atoms with Crippen LogP contribution in [0.2, 0.25) is 0 Å². The minimum atomic E-state index is 0.0115. The fourth-order valence-corrected chi connectivity index (χ4v) is 4.18. The zero-order valence-corrected chi connectivity index (χ0v) is 14.7. The lowest BCUT2D eigenvalue weighted by Gasteiger charge is -2.14. The van der Waals surface area contributed by atoms with Crippen molar-refractivity contribution in [3.63, 3.8) is 0 Å². The monoisotopic (exact) mass is 340 g/mol. The average Bonchev–Trinajstić information content (AvgIpc) is 3.18. The topological polar surface area (TPSA) is 44.9 Å². The molecule has 0 bridgehead atoms. The van der Waals surface area contributed by atoms with E-state index in [0.29, 0.717) is 0 Å². The van der Waals surface area contributed by atoms with Crippen LogP contribution in [0.3, 0.4) is 0 Å². The van der Waals surface area contributed by atoms with Gasteiger partial charge in [-0.2, -0.15) is 0 Å². The number of carbonyl (C=O) groups is 1. The highest BCUT2D eigenvalue weighted by atomic mass is 16.1. The average molecular weight is 340 g/mol. The van der Waals surface area contributed by atoms with E-state index >= 15 is 0 Å². The highest BCUT2D eigenvalue weighted by molar-refractivity contribution is 6.07. The number of hydrogen-bond acceptors (Lipinski definition) is 1. The number of benzene rings is 3. The summed E-state index contributed by atoms with van der Waals surface area (Å²) in [5, 5.41) is 6.63. The Morgan fingerprint density at radius 2 is 1.85 bits per heavy atom. The third-order valence-corrected chi connectivity index (χ3v) is 5.42. The van der Waals surface area contributed by atoms with Gasteiger partial charge in [0.15, 0.2) is 0 Å². The Morgan fingerprint density at radius 3 is 2.77 bits per heavy atom. The number of H-pyrrole nitrogens is 1. The number of aromatic amines is 1. The minimum Gasteiger partial charge on any atom is -0.358 e. The molecule has 1 heterocycles. The molecule has 4 aromatic rings. The molecule has 0 radical (unpaired) electrons. The van der Waals surface area contributed by atoms with Gasteiger partial charge in [0, 0.05) is 34.6 Å². The first-order chi connectivity index (χ1) is 12.7. The van der Waals surface area contributed by atoms with Crippen molar-refractivity contribution in [2.24, 2.45) is 0 Å². The molecule has 3 aromatic carbocycles. The molecule has 5 rings (SSSR count). The lowest BCUT2D eigenvalue weighted by Crippen LogP contribution is -2.35. The number of amides is 1. The van der Waals surface area contributed by atoms with Crippen molar-refractivity contribution in [1.29, 1.82) is 0 Å². The van der Waals surface area contributed by atoms with Gasteiger partial charge in [0.1, 0.15) is 0 Å². The molecule has 3 heteroatoms. The third kappa shape index (κ3) is 2.39. The van der Waals surface area contributed by atoms with Crippen LogP contribution >= 0.6 is 0 Å². The van der Waals surface area contributed by atoms with Crippen molar-refractivity contribution in [3.05, 3.63) is 83.0 Å². The van der Waals surface area contributed by atoms with Gasteiger partial charge in [-0.1, -0.05) is 48.0 Å². The van der Waals surface area contributed by atoms with Crippen LogP contribution in [0.5, 0.6) is 0 Å². The van der Waals surface area contributed by atoms with E-state index in [-0.39, 0.29) is 11.9 Å². The van der Waals surface area contributed by atoms with Gasteiger partial charge in [-0.25, -0.2) is 0 Å². The molecule has 1 aliphatic carbocycles. The molecule has 1 aromatic heterocycles. The smallest absolute Gasteiger partial charge is 0.252 e. The van der Waals surface area contributed by atoms with Crippen LogP contribution in [0.4, 0.5) is 0 Å². The molecule has 2 N–H and O–H groups in total. The number of fused-ring (bicyclic) bond motifs is 4. The van der Waals surface area contributed by atoms with Gasteiger partial charge in [-0.15, -0.1) is 0 Å². The maximum absolute atomic E-state index is 12.9. The quantitative estimate of drug-likeness (QED) is 0.553. The first-order valence-corrected chi connectivity index (χ1v) is 9.08. The van der Waals surface area contributed by atoms with Crippen molar-refractivity contribution in [2.75, 3.05) is 0 Å². The molecule has 0 saturated carbocycles. The fourth-order valence-electron chi connectivity index (χ4n) is 4.18. The second-order valence-corrected chi connectivity index (χ2v) is 7.24. The number of nitrogens with one attached hydrogen (secondary N) is 2. The van der Waals surface area contributed by atoms with Gasteiger partial charge >= 0.3 is 0 Å². The molecular weight excluding hydrogens is 320 g/mol. The molecule has 26 heavy (non-hydrogen) atoms. The Morgan fingerprint density at radius 1 is 1.00 bits per heavy atom. The van der Waals surface area contributed by atoms with Gasteiger partial charge in [0.2, 0.25) is 0 Å². The van der Waals surface area contributed by atoms with Crippen LogP contribution in [-0.2, 0) is 12.8 Å². The fraction of sp³-hybridized carbons (Fsp3) is 0.174. The standard InChI is InChI=1S/C23H20N2O/c1-14-9-10-21-19(11-14)20-12-16(13-22(20)25-21)24-23(26)18-8-4-6-15-5-2-3-7-17(15)18/h2-11,16,25H,12-13H2,1H3,(H,24,26). The second-order valence-electron chi connectivity index (χ2n) is 7.24. The lowest BCUT2D eigenvalue weighted by atomic mass is 10.0. The van der Waals surface area contributed by atoms with E-state index in [1.54, 1.807) is 0 Å². The van der Waals surface area contributed by atoms with Gasteiger partial charge in [-0.05, 0) is 47.9 Å². The Balaban J connectivity index is 1.41. The normalized spacial score (nSPS) is 16.1. The van der Waals surface area contributed by atoms with Crippen LogP contribution in [-0.4, -0.2) is 16.9 Å². The van der Waals surface area contributed by atoms with Gasteiger partial charge in [0.05, 0.1) is 0 Å². The van der Waals surface area contributed by atoms with E-state index < -0.39 is 0 Å². The molecule has 1 unspecified atom stereocenters. The summed E-state index contributed by atoms with van der Waals surface area (Å²) in [5.74, 6) is 0.0115. The highest BCUT2D eigenvalue weighted by Gasteiger charge is 2.27. The summed E-state index contributed by atoms with van der Waals surface area (Å²) < 4.78 is 0. The molecular formula is C23H20N2O. The van der Waals surface area contributed by atoms with E-state index in [1.165, 1.54) is 27.7 Å². The minimum absolute atomic E-state index is 0.0115. The van der Waals surface area contributed by atoms with E-state index in [9.17, 15) is 4.79 Å². The predicted molar refractivity (Wildman–Crippen MR) is 106 cm³/mol. The van der Waals surface area contributed by atoms with Crippen LogP contribution in [0.15, 0.2) is 60.7 Å². The first-order valence-electron chi connectivity index (χ1n) is 9.08. The molecule has 128 valence electrons. The Hall–Kier alpha value is -3.07. The van der Waals surface area contributed by atoms with Crippen molar-refractivity contribution >= 4 is 27.6 Å². The van der Waals surface area contributed by atoms with Crippen LogP contribution < -0.4 is 5.32 Å². The lowest BCUT2D eigenvalue weighted by molar-refractivity contribution is 0.0940. The van der Waals surface area contributed by atoms with Crippen LogP contribution in [0.25, 0.3) is 21.7 Å². The Kier molecular flexibility index (Phi) is 3.35. The number of carbonyl (C=O) groups excluding carboxylic acids is 1. The summed E-state index contributed by atoms with van der Waals surface area (Å²) in [7, 11) is 0. The number of rotatable bonds is 2. The Labute approximate surface area is 152 Å². The molecule has 3 nitrogen and oxygen atoms in total. The van der Waals surface area contributed by atoms with E-state index in [1.807, 2.05) is 42.5 Å². The molecule has 0 spiro atoms. The summed E-state index contributed by atoms with van der Waals surface area (Å²) >= 11 is 0. The van der Waals surface area contributed by atoms with Crippen molar-refractivity contribution in [1.82, 2.24) is 10.3 Å². The zero-order valence-electron chi connectivity index (χ0n) is 14.7. The predicted octanol–water partition coefficient (Wildman–Crippen LogP) is 4.53. The first kappa shape index (κ1) is 15.2. The van der Waals surface area contributed by atoms with Gasteiger partial charge in [0.25, 0.3) is 5.91 Å². The number of hydrogen-bond donors (Lipinski definition) is 2. The third-order valence-electron chi connectivity index (χ3n) is 5.42. The summed E-state index contributed by atoms with van der Waals surface area (Å²) in [5.41, 5.74) is 5.82. The van der Waals surface area contributed by atoms with E-state index in [0.717, 1.165) is 29.2 Å². The summed E-state index contributed by atoms with van der Waals surface area (Å²) in [4.78, 5) is 16.4. The number of aromatic nitrogens is 1. The summed E-state index contributed by atoms with van der Waals surface area (Å²) in [6.07, 6.45) is 1.74. The highest BCUT2D eigenvalue weighted by Crippen LogP contribution is 2.31. The van der Waals surface area contributed by atoms with E-state index in [4.69, 9.17) is 0 Å². The van der Waals surface area contributed by atoms with Crippen molar-refractivity contribution in [2.45, 2.75) is 25.8 Å². The molecule has 0 saturated heterocycles. The zero-order chi connectivity index (χ0) is 17.7. The summed E-state index contributed by atoms with van der Waals surface area (Å²) in [6.45, 7) is 2.12. The molecule has 1 amide bonds. The SMILES string of the molecule is Cc1ccc2[nH]c3c(c2c1)CC(NC(=O)c1cccc2ccccc12)C3. The summed E-state index contributed by atoms with van der Waals surface area (Å²) in [6, 6.07) is 20.6. The maximum atomic E-state index is 12.9. The van der Waals surface area contributed by atoms with Crippen molar-refractivity contribution in [3.8, 4) is 0 Å². The molecule has 1 atom stereocenters. The molecule has 1 aliphatic rings. The van der Waals surface area contributed by atoms with Crippen LogP contribution in [0.1, 0.15) is 27.2 Å². The van der Waals surface area contributed by atoms with Crippen LogP contribution in [0, 0.1) is 6.92 Å². The van der Waals surface area contributed by atoms with E-state index in [2.05, 4.69) is 35.4 Å². The molecule has 0 fully saturated rings.